The van der Waals surface area contributed by atoms with Gasteiger partial charge in [0.2, 0.25) is 0 Å². The molecule has 0 saturated heterocycles. The molecule has 4 nitrogen and oxygen atoms in total. The first-order valence-corrected chi connectivity index (χ1v) is 6.45. The van der Waals surface area contributed by atoms with Crippen LogP contribution in [0.25, 0.3) is 0 Å². The average Bonchev–Trinajstić information content (AvgIpc) is 2.84. The lowest BCUT2D eigenvalue weighted by Gasteiger charge is -2.27. The van der Waals surface area contributed by atoms with Crippen molar-refractivity contribution >= 4 is 11.8 Å². The molecule has 118 valence electrons. The third-order valence-corrected chi connectivity index (χ3v) is 3.54. The highest BCUT2D eigenvalue weighted by molar-refractivity contribution is 6.08. The highest BCUT2D eigenvalue weighted by atomic mass is 19.4. The summed E-state index contributed by atoms with van der Waals surface area (Å²) < 4.78 is 43.6. The fourth-order valence-corrected chi connectivity index (χ4v) is 2.47. The number of benzene rings is 1. The molecule has 0 radical (unpaired) electrons. The number of hydrogen-bond acceptors (Lipinski definition) is 4. The Kier molecular flexibility index (Phi) is 4.37. The summed E-state index contributed by atoms with van der Waals surface area (Å²) in [6, 6.07) is 4.55. The zero-order valence-corrected chi connectivity index (χ0v) is 11.9. The molecule has 0 N–H and O–H groups in total. The van der Waals surface area contributed by atoms with Crippen molar-refractivity contribution in [1.82, 2.24) is 4.90 Å². The van der Waals surface area contributed by atoms with Crippen LogP contribution >= 0.6 is 0 Å². The number of esters is 1. The van der Waals surface area contributed by atoms with E-state index in [1.165, 1.54) is 12.1 Å². The van der Waals surface area contributed by atoms with Gasteiger partial charge in [-0.3, -0.25) is 9.69 Å². The Morgan fingerprint density at radius 2 is 1.77 bits per heavy atom. The molecule has 0 spiro atoms. The molecule has 0 aliphatic carbocycles. The molecule has 0 bridgehead atoms. The van der Waals surface area contributed by atoms with Gasteiger partial charge >= 0.3 is 12.1 Å². The zero-order chi connectivity index (χ0) is 16.5. The first-order chi connectivity index (χ1) is 10.3. The maximum Gasteiger partial charge on any atom is 0.407 e. The molecule has 0 fully saturated rings. The molecule has 2 atom stereocenters. The smallest absolute Gasteiger partial charge is 0.407 e. The second-order valence-electron chi connectivity index (χ2n) is 4.90. The minimum absolute atomic E-state index is 0.233. The fourth-order valence-electron chi connectivity index (χ4n) is 2.47. The van der Waals surface area contributed by atoms with E-state index in [0.717, 1.165) is 25.1 Å². The van der Waals surface area contributed by atoms with Crippen LogP contribution < -0.4 is 0 Å². The maximum absolute atomic E-state index is 13.0. The lowest BCUT2D eigenvalue weighted by atomic mass is 9.98. The van der Waals surface area contributed by atoms with E-state index in [1.54, 1.807) is 18.2 Å². The van der Waals surface area contributed by atoms with Gasteiger partial charge in [-0.05, 0) is 13.1 Å². The number of ketones is 1. The molecular formula is C15H14F3NO3. The molecule has 7 heteroatoms. The number of alkyl halides is 3. The Bertz CT molecular complexity index is 610. The van der Waals surface area contributed by atoms with E-state index in [9.17, 15) is 22.8 Å². The summed E-state index contributed by atoms with van der Waals surface area (Å²) in [4.78, 5) is 25.1. The predicted octanol–water partition coefficient (Wildman–Crippen LogP) is 2.21. The van der Waals surface area contributed by atoms with Gasteiger partial charge in [0.05, 0.1) is 12.7 Å². The number of carbonyl (C=O) groups is 2. The summed E-state index contributed by atoms with van der Waals surface area (Å²) in [6.07, 6.45) is -3.84. The van der Waals surface area contributed by atoms with Gasteiger partial charge in [-0.15, -0.1) is 0 Å². The van der Waals surface area contributed by atoms with Crippen molar-refractivity contribution in [2.45, 2.75) is 18.3 Å². The number of hydrogen-bond donors (Lipinski definition) is 0. The van der Waals surface area contributed by atoms with Crippen LogP contribution in [-0.2, 0) is 9.53 Å². The monoisotopic (exact) mass is 313 g/mol. The molecule has 1 aromatic rings. The Balaban J connectivity index is 2.42. The van der Waals surface area contributed by atoms with Crippen LogP contribution in [-0.4, -0.2) is 49.1 Å². The van der Waals surface area contributed by atoms with Crippen molar-refractivity contribution in [2.75, 3.05) is 14.2 Å². The largest absolute Gasteiger partial charge is 0.466 e. The zero-order valence-electron chi connectivity index (χ0n) is 11.9. The summed E-state index contributed by atoms with van der Waals surface area (Å²) >= 11 is 0. The Morgan fingerprint density at radius 3 is 2.27 bits per heavy atom. The van der Waals surface area contributed by atoms with Crippen molar-refractivity contribution in [3.05, 3.63) is 47.5 Å². The van der Waals surface area contributed by atoms with E-state index < -0.39 is 30.0 Å². The van der Waals surface area contributed by atoms with Crippen LogP contribution in [0.1, 0.15) is 10.4 Å². The molecular weight excluding hydrogens is 299 g/mol. The highest BCUT2D eigenvalue weighted by Gasteiger charge is 2.51. The number of rotatable bonds is 3. The standard InChI is InChI=1S/C15H14F3NO3/c1-19-11(15(16,17)18)8-10(14(21)22-2)12(19)13(20)9-6-4-3-5-7-9/h3-8,11-12H,1-2H3/t11-,12-/m1/s1. The second-order valence-corrected chi connectivity index (χ2v) is 4.90. The first-order valence-electron chi connectivity index (χ1n) is 6.45. The van der Waals surface area contributed by atoms with Gasteiger partial charge in [-0.2, -0.15) is 13.2 Å². The van der Waals surface area contributed by atoms with E-state index in [4.69, 9.17) is 0 Å². The number of halogens is 3. The molecule has 0 amide bonds. The molecule has 0 aromatic heterocycles. The molecule has 22 heavy (non-hydrogen) atoms. The van der Waals surface area contributed by atoms with E-state index in [2.05, 4.69) is 4.74 Å². The number of ether oxygens (including phenoxy) is 1. The molecule has 2 rings (SSSR count). The van der Waals surface area contributed by atoms with Gasteiger partial charge in [0, 0.05) is 5.56 Å². The van der Waals surface area contributed by atoms with Gasteiger partial charge < -0.3 is 4.74 Å². The molecule has 0 saturated carbocycles. The van der Waals surface area contributed by atoms with Crippen molar-refractivity contribution in [2.24, 2.45) is 0 Å². The minimum atomic E-state index is -4.58. The Morgan fingerprint density at radius 1 is 1.18 bits per heavy atom. The summed E-state index contributed by atoms with van der Waals surface area (Å²) in [5.41, 5.74) is -0.0573. The third kappa shape index (κ3) is 2.89. The normalized spacial score (nSPS) is 22.3. The van der Waals surface area contributed by atoms with E-state index >= 15 is 0 Å². The lowest BCUT2D eigenvalue weighted by molar-refractivity contribution is -0.165. The van der Waals surface area contributed by atoms with Crippen LogP contribution in [0.5, 0.6) is 0 Å². The number of carbonyl (C=O) groups excluding carboxylic acids is 2. The Labute approximate surface area is 125 Å². The van der Waals surface area contributed by atoms with Crippen LogP contribution in [0.15, 0.2) is 42.0 Å². The van der Waals surface area contributed by atoms with Gasteiger partial charge in [0.1, 0.15) is 12.1 Å². The van der Waals surface area contributed by atoms with E-state index in [1.807, 2.05) is 0 Å². The molecule has 1 heterocycles. The Hall–Kier alpha value is -2.15. The van der Waals surface area contributed by atoms with Crippen LogP contribution in [0.4, 0.5) is 13.2 Å². The molecule has 1 aliphatic heterocycles. The maximum atomic E-state index is 13.0. The number of likely N-dealkylation sites (N-methyl/N-ethyl adjacent to an activating group) is 1. The fraction of sp³-hybridized carbons (Fsp3) is 0.333. The summed E-state index contributed by atoms with van der Waals surface area (Å²) in [6.45, 7) is 0. The molecule has 1 aliphatic rings. The SMILES string of the molecule is COC(=O)C1=C[C@H](C(F)(F)F)N(C)[C@H]1C(=O)c1ccccc1. The molecule has 1 aromatic carbocycles. The van der Waals surface area contributed by atoms with Crippen molar-refractivity contribution in [1.29, 1.82) is 0 Å². The van der Waals surface area contributed by atoms with Crippen molar-refractivity contribution < 1.29 is 27.5 Å². The van der Waals surface area contributed by atoms with Gasteiger partial charge in [-0.25, -0.2) is 4.79 Å². The van der Waals surface area contributed by atoms with Crippen LogP contribution in [0.2, 0.25) is 0 Å². The van der Waals surface area contributed by atoms with Crippen LogP contribution in [0, 0.1) is 0 Å². The predicted molar refractivity (Wildman–Crippen MR) is 72.3 cm³/mol. The molecule has 0 unspecified atom stereocenters. The van der Waals surface area contributed by atoms with Crippen LogP contribution in [0.3, 0.4) is 0 Å². The number of methoxy groups -OCH3 is 1. The first kappa shape index (κ1) is 16.2. The number of Topliss-reactive ketones (excluding diaryl/α,β-unsaturated/α-hetero) is 1. The van der Waals surface area contributed by atoms with Gasteiger partial charge in [0.15, 0.2) is 5.78 Å². The van der Waals surface area contributed by atoms with E-state index in [-0.39, 0.29) is 11.1 Å². The third-order valence-electron chi connectivity index (χ3n) is 3.54. The summed E-state index contributed by atoms with van der Waals surface area (Å²) in [7, 11) is 2.23. The summed E-state index contributed by atoms with van der Waals surface area (Å²) in [5.74, 6) is -1.51. The lowest BCUT2D eigenvalue weighted by Crippen LogP contribution is -2.46. The van der Waals surface area contributed by atoms with Gasteiger partial charge in [0.25, 0.3) is 0 Å². The number of nitrogens with zero attached hydrogens (tertiary/aromatic N) is 1. The average molecular weight is 313 g/mol. The highest BCUT2D eigenvalue weighted by Crippen LogP contribution is 2.35. The van der Waals surface area contributed by atoms with Crippen molar-refractivity contribution in [3.8, 4) is 0 Å². The second kappa shape index (κ2) is 5.92. The van der Waals surface area contributed by atoms with Gasteiger partial charge in [-0.1, -0.05) is 30.3 Å². The minimum Gasteiger partial charge on any atom is -0.466 e. The van der Waals surface area contributed by atoms with E-state index in [0.29, 0.717) is 0 Å². The van der Waals surface area contributed by atoms with Crippen molar-refractivity contribution in [3.63, 3.8) is 0 Å². The summed E-state index contributed by atoms with van der Waals surface area (Å²) in [5, 5.41) is 0. The topological polar surface area (TPSA) is 46.6 Å². The quantitative estimate of drug-likeness (QED) is 0.634.